The predicted molar refractivity (Wildman–Crippen MR) is 139 cm³/mol. The molecular formula is C28H37N5O3. The Bertz CT molecular complexity index is 1160. The quantitative estimate of drug-likeness (QED) is 0.467. The highest BCUT2D eigenvalue weighted by molar-refractivity contribution is 5.94. The Morgan fingerprint density at radius 3 is 2.92 bits per heavy atom. The molecule has 0 saturated carbocycles. The van der Waals surface area contributed by atoms with E-state index in [1.54, 1.807) is 13.4 Å². The first-order valence-electron chi connectivity index (χ1n) is 13.1. The second-order valence-electron chi connectivity index (χ2n) is 9.72. The Morgan fingerprint density at radius 1 is 1.22 bits per heavy atom. The van der Waals surface area contributed by atoms with Gasteiger partial charge in [-0.2, -0.15) is 5.10 Å². The molecular weight excluding hydrogens is 454 g/mol. The highest BCUT2D eigenvalue weighted by Gasteiger charge is 2.30. The monoisotopic (exact) mass is 491 g/mol. The Morgan fingerprint density at radius 2 is 2.11 bits per heavy atom. The number of nitrogens with one attached hydrogen (secondary N) is 1. The van der Waals surface area contributed by atoms with Gasteiger partial charge in [0.2, 0.25) is 0 Å². The van der Waals surface area contributed by atoms with Crippen LogP contribution in [0.3, 0.4) is 0 Å². The number of rotatable bonds is 10. The van der Waals surface area contributed by atoms with Crippen LogP contribution in [0, 0.1) is 0 Å². The summed E-state index contributed by atoms with van der Waals surface area (Å²) in [7, 11) is 1.70. The molecule has 1 saturated heterocycles. The van der Waals surface area contributed by atoms with Crippen LogP contribution in [-0.4, -0.2) is 71.4 Å². The third-order valence-electron chi connectivity index (χ3n) is 7.54. The van der Waals surface area contributed by atoms with Gasteiger partial charge < -0.3 is 14.5 Å². The number of fused-ring (bicyclic) bond motifs is 1. The zero-order valence-corrected chi connectivity index (χ0v) is 21.4. The van der Waals surface area contributed by atoms with E-state index < -0.39 is 0 Å². The number of likely N-dealkylation sites (tertiary alicyclic amines) is 1. The summed E-state index contributed by atoms with van der Waals surface area (Å²) >= 11 is 0. The molecule has 1 N–H and O–H groups in total. The van der Waals surface area contributed by atoms with Gasteiger partial charge in [0.25, 0.3) is 5.91 Å². The summed E-state index contributed by atoms with van der Waals surface area (Å²) in [5, 5.41) is 7.98. The first-order valence-corrected chi connectivity index (χ1v) is 13.1. The minimum Gasteiger partial charge on any atom is -0.464 e. The first kappa shape index (κ1) is 24.7. The summed E-state index contributed by atoms with van der Waals surface area (Å²) in [5.74, 6) is 0.812. The Labute approximate surface area is 213 Å². The fourth-order valence-corrected chi connectivity index (χ4v) is 5.63. The first-order chi connectivity index (χ1) is 17.7. The largest absolute Gasteiger partial charge is 0.464 e. The summed E-state index contributed by atoms with van der Waals surface area (Å²) in [5.41, 5.74) is 5.09. The van der Waals surface area contributed by atoms with E-state index in [1.165, 1.54) is 12.0 Å². The molecule has 0 spiro atoms. The number of hydrogen-bond donors (Lipinski definition) is 1. The van der Waals surface area contributed by atoms with Crippen LogP contribution in [0.1, 0.15) is 47.1 Å². The molecule has 1 fully saturated rings. The molecule has 4 heterocycles. The Hall–Kier alpha value is -2.94. The van der Waals surface area contributed by atoms with Crippen molar-refractivity contribution < 1.29 is 13.9 Å². The number of hydrogen-bond acceptors (Lipinski definition) is 6. The molecule has 5 rings (SSSR count). The number of ether oxygens (including phenoxy) is 1. The topological polar surface area (TPSA) is 75.8 Å². The van der Waals surface area contributed by atoms with E-state index in [0.717, 1.165) is 61.6 Å². The second-order valence-corrected chi connectivity index (χ2v) is 9.72. The molecule has 0 aliphatic carbocycles. The lowest BCUT2D eigenvalue weighted by Gasteiger charge is -2.28. The van der Waals surface area contributed by atoms with Gasteiger partial charge in [-0.25, -0.2) is 0 Å². The minimum absolute atomic E-state index is 0.0665. The zero-order chi connectivity index (χ0) is 24.9. The maximum atomic E-state index is 13.4. The summed E-state index contributed by atoms with van der Waals surface area (Å²) in [6.07, 6.45) is 4.90. The molecule has 36 heavy (non-hydrogen) atoms. The van der Waals surface area contributed by atoms with Crippen molar-refractivity contribution in [3.8, 4) is 11.3 Å². The van der Waals surface area contributed by atoms with Crippen LogP contribution in [0.2, 0.25) is 0 Å². The van der Waals surface area contributed by atoms with E-state index in [4.69, 9.17) is 14.3 Å². The van der Waals surface area contributed by atoms with E-state index in [1.807, 2.05) is 22.9 Å². The normalized spacial score (nSPS) is 18.4. The van der Waals surface area contributed by atoms with Gasteiger partial charge in [-0.3, -0.25) is 19.3 Å². The highest BCUT2D eigenvalue weighted by Crippen LogP contribution is 2.29. The minimum atomic E-state index is -0.0665. The molecule has 8 nitrogen and oxygen atoms in total. The molecule has 8 heteroatoms. The Kier molecular flexibility index (Phi) is 7.84. The van der Waals surface area contributed by atoms with Gasteiger partial charge in [0.05, 0.1) is 19.4 Å². The number of nitrogens with zero attached hydrogens (tertiary/aromatic N) is 4. The third kappa shape index (κ3) is 5.26. The van der Waals surface area contributed by atoms with Crippen LogP contribution < -0.4 is 5.32 Å². The third-order valence-corrected chi connectivity index (χ3v) is 7.54. The molecule has 1 unspecified atom stereocenters. The standard InChI is InChI=1S/C28H37N5O3/c1-3-32-13-6-9-22(32)18-29-28(34)27-24-20-31(14-12-25(24)33(30-27)15-17-35-2)19-21-8-4-5-10-23(21)26-11-7-16-36-26/h4-5,7-8,10-11,16,22H,3,6,9,12-15,17-20H2,1-2H3,(H,29,34). The van der Waals surface area contributed by atoms with Gasteiger partial charge in [-0.1, -0.05) is 31.2 Å². The number of carbonyl (C=O) groups is 1. The van der Waals surface area contributed by atoms with Crippen LogP contribution in [0.5, 0.6) is 0 Å². The van der Waals surface area contributed by atoms with Gasteiger partial charge >= 0.3 is 0 Å². The van der Waals surface area contributed by atoms with Crippen molar-refractivity contribution in [2.75, 3.05) is 39.9 Å². The van der Waals surface area contributed by atoms with Gasteiger partial charge in [0, 0.05) is 62.6 Å². The van der Waals surface area contributed by atoms with Gasteiger partial charge in [-0.15, -0.1) is 0 Å². The second kappa shape index (κ2) is 11.4. The van der Waals surface area contributed by atoms with E-state index in [-0.39, 0.29) is 5.91 Å². The molecule has 2 aromatic heterocycles. The van der Waals surface area contributed by atoms with Crippen LogP contribution in [0.25, 0.3) is 11.3 Å². The van der Waals surface area contributed by atoms with Gasteiger partial charge in [0.15, 0.2) is 5.69 Å². The average molecular weight is 492 g/mol. The van der Waals surface area contributed by atoms with E-state index >= 15 is 0 Å². The molecule has 0 radical (unpaired) electrons. The lowest BCUT2D eigenvalue weighted by atomic mass is 10.0. The number of aromatic nitrogens is 2. The maximum Gasteiger partial charge on any atom is 0.272 e. The number of benzene rings is 1. The highest BCUT2D eigenvalue weighted by atomic mass is 16.5. The number of furan rings is 1. The lowest BCUT2D eigenvalue weighted by molar-refractivity contribution is 0.0932. The van der Waals surface area contributed by atoms with Gasteiger partial charge in [-0.05, 0) is 43.6 Å². The summed E-state index contributed by atoms with van der Waals surface area (Å²) in [6, 6.07) is 12.7. The van der Waals surface area contributed by atoms with E-state index in [9.17, 15) is 4.79 Å². The fourth-order valence-electron chi connectivity index (χ4n) is 5.63. The number of likely N-dealkylation sites (N-methyl/N-ethyl adjacent to an activating group) is 1. The lowest BCUT2D eigenvalue weighted by Crippen LogP contribution is -2.40. The van der Waals surface area contributed by atoms with Crippen LogP contribution in [-0.2, 0) is 30.8 Å². The molecule has 0 bridgehead atoms. The van der Waals surface area contributed by atoms with Crippen molar-refractivity contribution in [3.05, 3.63) is 65.2 Å². The summed E-state index contributed by atoms with van der Waals surface area (Å²) in [4.78, 5) is 18.2. The molecule has 3 aromatic rings. The van der Waals surface area contributed by atoms with E-state index in [0.29, 0.717) is 38.0 Å². The van der Waals surface area contributed by atoms with Crippen molar-refractivity contribution in [3.63, 3.8) is 0 Å². The van der Waals surface area contributed by atoms with Crippen molar-refractivity contribution in [2.24, 2.45) is 0 Å². The van der Waals surface area contributed by atoms with Crippen molar-refractivity contribution in [1.82, 2.24) is 24.9 Å². The smallest absolute Gasteiger partial charge is 0.272 e. The van der Waals surface area contributed by atoms with Crippen LogP contribution in [0.4, 0.5) is 0 Å². The fraction of sp³-hybridized carbons (Fsp3) is 0.500. The predicted octanol–water partition coefficient (Wildman–Crippen LogP) is 3.56. The van der Waals surface area contributed by atoms with Crippen LogP contribution in [0.15, 0.2) is 47.1 Å². The molecule has 192 valence electrons. The van der Waals surface area contributed by atoms with E-state index in [2.05, 4.69) is 40.2 Å². The molecule has 1 aromatic carbocycles. The van der Waals surface area contributed by atoms with Crippen molar-refractivity contribution >= 4 is 5.91 Å². The summed E-state index contributed by atoms with van der Waals surface area (Å²) < 4.78 is 13.0. The number of methoxy groups -OCH3 is 1. The van der Waals surface area contributed by atoms with Crippen molar-refractivity contribution in [1.29, 1.82) is 0 Å². The number of amides is 1. The Balaban J connectivity index is 1.34. The molecule has 2 aliphatic heterocycles. The molecule has 1 atom stereocenters. The average Bonchev–Trinajstić information content (AvgIpc) is 3.66. The maximum absolute atomic E-state index is 13.4. The molecule has 1 amide bonds. The SMILES string of the molecule is CCN1CCCC1CNC(=O)c1nn(CCOC)c2c1CN(Cc1ccccc1-c1ccco1)CC2. The number of carbonyl (C=O) groups excluding carboxylic acids is 1. The summed E-state index contributed by atoms with van der Waals surface area (Å²) in [6.45, 7) is 8.62. The molecule has 2 aliphatic rings. The van der Waals surface area contributed by atoms with Crippen molar-refractivity contribution in [2.45, 2.75) is 51.9 Å². The van der Waals surface area contributed by atoms with Gasteiger partial charge in [0.1, 0.15) is 5.76 Å². The van der Waals surface area contributed by atoms with Crippen LogP contribution >= 0.6 is 0 Å². The zero-order valence-electron chi connectivity index (χ0n) is 21.4.